The molecule has 0 aliphatic rings. The molecular formula is C8H16N2O3S2. The topological polar surface area (TPSA) is 89.3 Å². The average Bonchev–Trinajstić information content (AvgIpc) is 2.00. The van der Waals surface area contributed by atoms with Gasteiger partial charge in [-0.3, -0.25) is 4.79 Å². The SMILES string of the molecule is CC(C(=O)NC(C)(C)C(N)=S)S(C)(=O)=O. The Kier molecular flexibility index (Phi) is 4.24. The van der Waals surface area contributed by atoms with Gasteiger partial charge in [0.25, 0.3) is 0 Å². The van der Waals surface area contributed by atoms with Gasteiger partial charge in [0, 0.05) is 6.26 Å². The van der Waals surface area contributed by atoms with E-state index in [-0.39, 0.29) is 4.99 Å². The maximum absolute atomic E-state index is 11.5. The van der Waals surface area contributed by atoms with Crippen molar-refractivity contribution >= 4 is 33.0 Å². The van der Waals surface area contributed by atoms with Crippen LogP contribution in [0.25, 0.3) is 0 Å². The van der Waals surface area contributed by atoms with E-state index in [4.69, 9.17) is 18.0 Å². The van der Waals surface area contributed by atoms with Crippen LogP contribution in [-0.2, 0) is 14.6 Å². The zero-order valence-electron chi connectivity index (χ0n) is 9.20. The van der Waals surface area contributed by atoms with E-state index in [1.54, 1.807) is 13.8 Å². The summed E-state index contributed by atoms with van der Waals surface area (Å²) in [5.41, 5.74) is 4.51. The van der Waals surface area contributed by atoms with Crippen molar-refractivity contribution in [1.82, 2.24) is 5.32 Å². The molecule has 1 atom stereocenters. The van der Waals surface area contributed by atoms with Gasteiger partial charge in [0.05, 0.1) is 10.5 Å². The summed E-state index contributed by atoms with van der Waals surface area (Å²) in [4.78, 5) is 11.6. The fraction of sp³-hybridized carbons (Fsp3) is 0.750. The molecule has 3 N–H and O–H groups in total. The van der Waals surface area contributed by atoms with Gasteiger partial charge in [0.1, 0.15) is 5.25 Å². The van der Waals surface area contributed by atoms with E-state index in [1.165, 1.54) is 6.92 Å². The predicted molar refractivity (Wildman–Crippen MR) is 63.3 cm³/mol. The fourth-order valence-corrected chi connectivity index (χ4v) is 1.16. The molecule has 0 aliphatic carbocycles. The number of hydrogen-bond donors (Lipinski definition) is 2. The maximum atomic E-state index is 11.5. The molecule has 15 heavy (non-hydrogen) atoms. The number of nitrogens with two attached hydrogens (primary N) is 1. The molecule has 0 rings (SSSR count). The van der Waals surface area contributed by atoms with Crippen molar-refractivity contribution in [3.63, 3.8) is 0 Å². The molecule has 0 bridgehead atoms. The number of hydrogen-bond acceptors (Lipinski definition) is 4. The quantitative estimate of drug-likeness (QED) is 0.665. The van der Waals surface area contributed by atoms with E-state index in [0.29, 0.717) is 0 Å². The zero-order valence-corrected chi connectivity index (χ0v) is 10.8. The van der Waals surface area contributed by atoms with Crippen molar-refractivity contribution in [3.05, 3.63) is 0 Å². The van der Waals surface area contributed by atoms with Gasteiger partial charge >= 0.3 is 0 Å². The molecule has 0 fully saturated rings. The van der Waals surface area contributed by atoms with Crippen molar-refractivity contribution in [2.45, 2.75) is 31.6 Å². The highest BCUT2D eigenvalue weighted by atomic mass is 32.2. The molecular weight excluding hydrogens is 236 g/mol. The van der Waals surface area contributed by atoms with E-state index in [1.807, 2.05) is 0 Å². The lowest BCUT2D eigenvalue weighted by Crippen LogP contribution is -2.55. The fourth-order valence-electron chi connectivity index (χ4n) is 0.666. The normalized spacial score (nSPS) is 14.4. The van der Waals surface area contributed by atoms with Crippen LogP contribution in [0.3, 0.4) is 0 Å². The van der Waals surface area contributed by atoms with Crippen LogP contribution in [0.15, 0.2) is 0 Å². The summed E-state index contributed by atoms with van der Waals surface area (Å²) in [6, 6.07) is 0. The van der Waals surface area contributed by atoms with Gasteiger partial charge < -0.3 is 11.1 Å². The van der Waals surface area contributed by atoms with Gasteiger partial charge in [-0.25, -0.2) is 8.42 Å². The Labute approximate surface area is 95.3 Å². The molecule has 7 heteroatoms. The summed E-state index contributed by atoms with van der Waals surface area (Å²) < 4.78 is 22.2. The lowest BCUT2D eigenvalue weighted by Gasteiger charge is -2.26. The van der Waals surface area contributed by atoms with E-state index in [2.05, 4.69) is 5.32 Å². The first kappa shape index (κ1) is 14.3. The molecule has 1 unspecified atom stereocenters. The number of rotatable bonds is 4. The Morgan fingerprint density at radius 1 is 1.47 bits per heavy atom. The standard InChI is InChI=1S/C8H16N2O3S2/c1-5(15(4,12)13)6(11)10-8(2,3)7(9)14/h5H,1-4H3,(H2,9,14)(H,10,11). The van der Waals surface area contributed by atoms with Crippen LogP contribution in [-0.4, -0.2) is 36.4 Å². The summed E-state index contributed by atoms with van der Waals surface area (Å²) in [6.07, 6.45) is 1.00. The summed E-state index contributed by atoms with van der Waals surface area (Å²) in [6.45, 7) is 4.55. The summed E-state index contributed by atoms with van der Waals surface area (Å²) in [7, 11) is -3.40. The number of carbonyl (C=O) groups excluding carboxylic acids is 1. The second-order valence-electron chi connectivity index (χ2n) is 3.95. The van der Waals surface area contributed by atoms with Crippen molar-refractivity contribution < 1.29 is 13.2 Å². The van der Waals surface area contributed by atoms with E-state index in [0.717, 1.165) is 6.26 Å². The van der Waals surface area contributed by atoms with Crippen LogP contribution in [0.4, 0.5) is 0 Å². The molecule has 0 spiro atoms. The molecule has 88 valence electrons. The monoisotopic (exact) mass is 252 g/mol. The van der Waals surface area contributed by atoms with Gasteiger partial charge in [-0.1, -0.05) is 12.2 Å². The second-order valence-corrected chi connectivity index (χ2v) is 6.76. The van der Waals surface area contributed by atoms with Gasteiger partial charge in [-0.05, 0) is 20.8 Å². The third kappa shape index (κ3) is 4.13. The Balaban J connectivity index is 4.73. The minimum atomic E-state index is -3.40. The first-order valence-electron chi connectivity index (χ1n) is 4.29. The number of sulfone groups is 1. The lowest BCUT2D eigenvalue weighted by atomic mass is 10.1. The van der Waals surface area contributed by atoms with Gasteiger partial charge in [-0.2, -0.15) is 0 Å². The van der Waals surface area contributed by atoms with Gasteiger partial charge in [0.2, 0.25) is 5.91 Å². The van der Waals surface area contributed by atoms with Crippen LogP contribution in [0.5, 0.6) is 0 Å². The van der Waals surface area contributed by atoms with Crippen molar-refractivity contribution in [2.75, 3.05) is 6.26 Å². The Morgan fingerprint density at radius 2 is 1.87 bits per heavy atom. The van der Waals surface area contributed by atoms with Gasteiger partial charge in [-0.15, -0.1) is 0 Å². The Morgan fingerprint density at radius 3 is 2.13 bits per heavy atom. The summed E-state index contributed by atoms with van der Waals surface area (Å²) >= 11 is 4.74. The minimum absolute atomic E-state index is 0.108. The van der Waals surface area contributed by atoms with Crippen molar-refractivity contribution in [1.29, 1.82) is 0 Å². The van der Waals surface area contributed by atoms with Gasteiger partial charge in [0.15, 0.2) is 9.84 Å². The van der Waals surface area contributed by atoms with Crippen LogP contribution in [0.1, 0.15) is 20.8 Å². The largest absolute Gasteiger partial charge is 0.391 e. The van der Waals surface area contributed by atoms with E-state index < -0.39 is 26.5 Å². The number of thiocarbonyl (C=S) groups is 1. The highest BCUT2D eigenvalue weighted by molar-refractivity contribution is 7.92. The molecule has 0 saturated heterocycles. The molecule has 0 aromatic carbocycles. The van der Waals surface area contributed by atoms with Crippen LogP contribution < -0.4 is 11.1 Å². The van der Waals surface area contributed by atoms with Crippen LogP contribution in [0.2, 0.25) is 0 Å². The molecule has 1 amide bonds. The third-order valence-electron chi connectivity index (χ3n) is 2.06. The molecule has 0 aliphatic heterocycles. The van der Waals surface area contributed by atoms with Crippen LogP contribution in [0, 0.1) is 0 Å². The highest BCUT2D eigenvalue weighted by Gasteiger charge is 2.30. The molecule has 0 radical (unpaired) electrons. The number of amides is 1. The van der Waals surface area contributed by atoms with Crippen LogP contribution >= 0.6 is 12.2 Å². The number of carbonyl (C=O) groups is 1. The zero-order chi connectivity index (χ0) is 12.4. The van der Waals surface area contributed by atoms with E-state index in [9.17, 15) is 13.2 Å². The smallest absolute Gasteiger partial charge is 0.238 e. The molecule has 0 aromatic rings. The number of nitrogens with one attached hydrogen (secondary N) is 1. The third-order valence-corrected chi connectivity index (χ3v) is 4.07. The first-order valence-corrected chi connectivity index (χ1v) is 6.65. The second kappa shape index (κ2) is 4.44. The average molecular weight is 252 g/mol. The minimum Gasteiger partial charge on any atom is -0.391 e. The molecule has 5 nitrogen and oxygen atoms in total. The first-order chi connectivity index (χ1) is 6.48. The molecule has 0 heterocycles. The highest BCUT2D eigenvalue weighted by Crippen LogP contribution is 2.05. The predicted octanol–water partition coefficient (Wildman–Crippen LogP) is -0.400. The Hall–Kier alpha value is -0.690. The van der Waals surface area contributed by atoms with Crippen molar-refractivity contribution in [3.8, 4) is 0 Å². The summed E-state index contributed by atoms with van der Waals surface area (Å²) in [5, 5.41) is 1.37. The molecule has 0 saturated carbocycles. The van der Waals surface area contributed by atoms with Crippen molar-refractivity contribution in [2.24, 2.45) is 5.73 Å². The lowest BCUT2D eigenvalue weighted by molar-refractivity contribution is -0.121. The Bertz CT molecular complexity index is 373. The van der Waals surface area contributed by atoms with E-state index >= 15 is 0 Å². The summed E-state index contributed by atoms with van der Waals surface area (Å²) in [5.74, 6) is -0.602. The molecule has 0 aromatic heterocycles. The maximum Gasteiger partial charge on any atom is 0.238 e.